The first-order valence-corrected chi connectivity index (χ1v) is 26.3. The standard InChI is InChI=1S/C52H78N10O15/c1-4-53-52(73)51-56-55-50(42-31-41(37(2)3)43(63)32-44(42)64)62(51)40-7-5-38(6-8-40)39-9-13-61(14-10-39)46(66)11-23-74-25-27-76-29-30-77-28-26-75-24-12-54-45(65)33-57-15-17-58(34-47(67)68)19-21-60(36-49(71)72)22-20-59(18-16-57)35-48(69)70/h5-8,31-32,37,39,63-64H,4,9-30,33-36H2,1-3H3,(H,53,73)(H,54,65)(H,67,68)(H,69,70)(H,71,72). The second-order valence-electron chi connectivity index (χ2n) is 19.2. The van der Waals surface area contributed by atoms with Crippen LogP contribution in [0.25, 0.3) is 17.1 Å². The van der Waals surface area contributed by atoms with Crippen LogP contribution in [0.5, 0.6) is 11.5 Å². The van der Waals surface area contributed by atoms with Gasteiger partial charge in [0.05, 0.1) is 91.0 Å². The molecule has 25 heteroatoms. The molecular weight excluding hydrogens is 1000 g/mol. The highest BCUT2D eigenvalue weighted by molar-refractivity contribution is 5.92. The lowest BCUT2D eigenvalue weighted by Crippen LogP contribution is -2.50. The number of amides is 3. The summed E-state index contributed by atoms with van der Waals surface area (Å²) >= 11 is 0. The zero-order valence-electron chi connectivity index (χ0n) is 44.6. The maximum Gasteiger partial charge on any atom is 0.317 e. The van der Waals surface area contributed by atoms with Crippen LogP contribution >= 0.6 is 0 Å². The van der Waals surface area contributed by atoms with Crippen LogP contribution in [0.15, 0.2) is 36.4 Å². The lowest BCUT2D eigenvalue weighted by Gasteiger charge is -2.32. The Morgan fingerprint density at radius 3 is 1.57 bits per heavy atom. The molecule has 0 radical (unpaired) electrons. The number of aliphatic carboxylic acids is 3. The molecule has 0 spiro atoms. The predicted octanol–water partition coefficient (Wildman–Crippen LogP) is 0.973. The van der Waals surface area contributed by atoms with E-state index in [0.717, 1.165) is 18.4 Å². The number of nitrogens with zero attached hydrogens (tertiary/aromatic N) is 8. The van der Waals surface area contributed by atoms with Crippen molar-refractivity contribution in [2.45, 2.75) is 51.9 Å². The topological polar surface area (TPSA) is 311 Å². The van der Waals surface area contributed by atoms with E-state index in [1.54, 1.807) is 25.3 Å². The van der Waals surface area contributed by atoms with Gasteiger partial charge in [-0.3, -0.25) is 52.9 Å². The molecule has 2 aliphatic rings. The molecule has 7 N–H and O–H groups in total. The summed E-state index contributed by atoms with van der Waals surface area (Å²) in [7, 11) is 0. The lowest BCUT2D eigenvalue weighted by atomic mass is 9.89. The third-order valence-corrected chi connectivity index (χ3v) is 13.2. The van der Waals surface area contributed by atoms with E-state index >= 15 is 0 Å². The first-order chi connectivity index (χ1) is 37.0. The number of carboxylic acids is 3. The summed E-state index contributed by atoms with van der Waals surface area (Å²) in [5.74, 6) is -3.44. The van der Waals surface area contributed by atoms with Gasteiger partial charge >= 0.3 is 17.9 Å². The number of carbonyl (C=O) groups is 6. The van der Waals surface area contributed by atoms with E-state index in [9.17, 15) is 54.3 Å². The zero-order chi connectivity index (χ0) is 55.7. The van der Waals surface area contributed by atoms with E-state index in [1.165, 1.54) is 6.07 Å². The van der Waals surface area contributed by atoms with Gasteiger partial charge in [-0.05, 0) is 60.9 Å². The molecule has 2 fully saturated rings. The van der Waals surface area contributed by atoms with E-state index in [4.69, 9.17) is 18.9 Å². The van der Waals surface area contributed by atoms with E-state index in [1.807, 2.05) is 54.8 Å². The van der Waals surface area contributed by atoms with Crippen LogP contribution in [0.4, 0.5) is 0 Å². The molecule has 0 bridgehead atoms. The molecule has 0 saturated carbocycles. The quantitative estimate of drug-likeness (QED) is 0.0477. The van der Waals surface area contributed by atoms with Gasteiger partial charge in [0.15, 0.2) is 5.82 Å². The Labute approximate surface area is 449 Å². The summed E-state index contributed by atoms with van der Waals surface area (Å²) in [6.07, 6.45) is 1.84. The Morgan fingerprint density at radius 2 is 1.09 bits per heavy atom. The molecular formula is C52H78N10O15. The van der Waals surface area contributed by atoms with Crippen LogP contribution in [-0.4, -0.2) is 258 Å². The highest BCUT2D eigenvalue weighted by atomic mass is 16.6. The van der Waals surface area contributed by atoms with E-state index in [2.05, 4.69) is 20.8 Å². The van der Waals surface area contributed by atoms with Crippen LogP contribution in [0, 0.1) is 0 Å². The van der Waals surface area contributed by atoms with Crippen molar-refractivity contribution in [3.05, 3.63) is 53.3 Å². The van der Waals surface area contributed by atoms with Crippen molar-refractivity contribution in [1.82, 2.24) is 49.9 Å². The number of ether oxygens (including phenoxy) is 4. The number of likely N-dealkylation sites (tertiary alicyclic amines) is 1. The minimum absolute atomic E-state index is 0.0120. The molecule has 2 aromatic carbocycles. The van der Waals surface area contributed by atoms with Gasteiger partial charge in [0, 0.05) is 90.3 Å². The number of benzene rings is 2. The second-order valence-corrected chi connectivity index (χ2v) is 19.2. The number of aromatic hydroxyl groups is 2. The first-order valence-electron chi connectivity index (χ1n) is 26.3. The van der Waals surface area contributed by atoms with Crippen molar-refractivity contribution in [2.75, 3.05) is 158 Å². The molecule has 426 valence electrons. The maximum absolute atomic E-state index is 13.1. The van der Waals surface area contributed by atoms with E-state index < -0.39 is 23.8 Å². The smallest absolute Gasteiger partial charge is 0.317 e. The third kappa shape index (κ3) is 20.9. The third-order valence-electron chi connectivity index (χ3n) is 13.2. The molecule has 5 rings (SSSR count). The number of hydrogen-bond acceptors (Lipinski definition) is 18. The molecule has 0 aliphatic carbocycles. The van der Waals surface area contributed by atoms with Crippen molar-refractivity contribution in [3.8, 4) is 28.6 Å². The normalized spacial score (nSPS) is 16.0. The molecule has 77 heavy (non-hydrogen) atoms. The van der Waals surface area contributed by atoms with Crippen molar-refractivity contribution in [1.29, 1.82) is 0 Å². The fraction of sp³-hybridized carbons (Fsp3) is 0.615. The Morgan fingerprint density at radius 1 is 0.610 bits per heavy atom. The molecule has 1 aromatic heterocycles. The van der Waals surface area contributed by atoms with E-state index in [-0.39, 0.29) is 112 Å². The predicted molar refractivity (Wildman–Crippen MR) is 280 cm³/mol. The van der Waals surface area contributed by atoms with Gasteiger partial charge in [-0.1, -0.05) is 26.0 Å². The number of carbonyl (C=O) groups excluding carboxylic acids is 3. The van der Waals surface area contributed by atoms with Crippen molar-refractivity contribution in [2.24, 2.45) is 0 Å². The second kappa shape index (κ2) is 32.4. The van der Waals surface area contributed by atoms with Gasteiger partial charge in [0.1, 0.15) is 11.5 Å². The lowest BCUT2D eigenvalue weighted by molar-refractivity contribution is -0.140. The number of nitrogens with one attached hydrogen (secondary N) is 2. The number of rotatable bonds is 29. The van der Waals surface area contributed by atoms with Crippen LogP contribution in [0.1, 0.15) is 73.6 Å². The molecule has 2 saturated heterocycles. The molecule has 3 heterocycles. The van der Waals surface area contributed by atoms with Gasteiger partial charge in [0.25, 0.3) is 5.91 Å². The molecule has 0 unspecified atom stereocenters. The number of hydrogen-bond donors (Lipinski definition) is 7. The summed E-state index contributed by atoms with van der Waals surface area (Å²) < 4.78 is 24.0. The Kier molecular flexibility index (Phi) is 25.9. The van der Waals surface area contributed by atoms with Gasteiger partial charge in [-0.15, -0.1) is 10.2 Å². The molecule has 3 aromatic rings. The Bertz CT molecular complexity index is 2330. The fourth-order valence-electron chi connectivity index (χ4n) is 9.07. The minimum atomic E-state index is -1.03. The number of phenolic OH excluding ortho intramolecular Hbond substituents is 2. The summed E-state index contributed by atoms with van der Waals surface area (Å²) in [4.78, 5) is 82.3. The summed E-state index contributed by atoms with van der Waals surface area (Å²) in [6, 6.07) is 10.7. The average molecular weight is 1080 g/mol. The number of carboxylic acid groups (broad SMARTS) is 3. The zero-order valence-corrected chi connectivity index (χ0v) is 44.6. The van der Waals surface area contributed by atoms with Gasteiger partial charge in [-0.25, -0.2) is 0 Å². The number of aromatic nitrogens is 3. The van der Waals surface area contributed by atoms with Crippen molar-refractivity contribution in [3.63, 3.8) is 0 Å². The first kappa shape index (κ1) is 61.5. The minimum Gasteiger partial charge on any atom is -0.508 e. The highest BCUT2D eigenvalue weighted by Gasteiger charge is 2.27. The molecule has 0 atom stereocenters. The Hall–Kier alpha value is -6.32. The van der Waals surface area contributed by atoms with Gasteiger partial charge in [0.2, 0.25) is 17.6 Å². The SMILES string of the molecule is CCNC(=O)c1nnc(-c2cc(C(C)C)c(O)cc2O)n1-c1ccc(C2CCN(C(=O)CCOCCOCCOCCOCCNC(=O)CN3CCN(CC(=O)O)CCN(CC(=O)O)CCN(CC(=O)O)CC3)CC2)cc1. The van der Waals surface area contributed by atoms with Crippen molar-refractivity contribution < 1.29 is 73.2 Å². The largest absolute Gasteiger partial charge is 0.508 e. The molecule has 25 nitrogen and oxygen atoms in total. The van der Waals surface area contributed by atoms with Crippen LogP contribution in [0.2, 0.25) is 0 Å². The van der Waals surface area contributed by atoms with Gasteiger partial charge < -0.3 is 60.0 Å². The average Bonchev–Trinajstić information content (AvgIpc) is 3.87. The van der Waals surface area contributed by atoms with Gasteiger partial charge in [-0.2, -0.15) is 0 Å². The van der Waals surface area contributed by atoms with Crippen LogP contribution in [-0.2, 0) is 42.9 Å². The summed E-state index contributed by atoms with van der Waals surface area (Å²) in [5, 5.41) is 63.7. The maximum atomic E-state index is 13.1. The molecule has 3 amide bonds. The summed E-state index contributed by atoms with van der Waals surface area (Å²) in [5.41, 5.74) is 2.68. The number of piperidine rings is 1. The highest BCUT2D eigenvalue weighted by Crippen LogP contribution is 2.38. The fourth-order valence-corrected chi connectivity index (χ4v) is 9.07. The van der Waals surface area contributed by atoms with Crippen LogP contribution < -0.4 is 10.6 Å². The summed E-state index contributed by atoms with van der Waals surface area (Å²) in [6.45, 7) is 11.8. The monoisotopic (exact) mass is 1080 g/mol. The Balaban J connectivity index is 0.914. The van der Waals surface area contributed by atoms with E-state index in [0.29, 0.717) is 115 Å². The van der Waals surface area contributed by atoms with Crippen molar-refractivity contribution >= 4 is 35.6 Å². The molecule has 2 aliphatic heterocycles. The van der Waals surface area contributed by atoms with Crippen LogP contribution in [0.3, 0.4) is 0 Å². The number of phenols is 2.